The van der Waals surface area contributed by atoms with Crippen molar-refractivity contribution in [2.45, 2.75) is 39.2 Å². The summed E-state index contributed by atoms with van der Waals surface area (Å²) in [6, 6.07) is 9.22. The maximum atomic E-state index is 12.3. The van der Waals surface area contributed by atoms with Crippen molar-refractivity contribution in [2.24, 2.45) is 0 Å². The van der Waals surface area contributed by atoms with Crippen LogP contribution in [0.5, 0.6) is 5.75 Å². The van der Waals surface area contributed by atoms with E-state index < -0.39 is 0 Å². The number of H-pyrrole nitrogens is 1. The lowest BCUT2D eigenvalue weighted by Crippen LogP contribution is -2.15. The number of anilines is 1. The maximum absolute atomic E-state index is 12.3. The molecule has 1 amide bonds. The number of hydrogen-bond acceptors (Lipinski definition) is 6. The van der Waals surface area contributed by atoms with E-state index >= 15 is 0 Å². The summed E-state index contributed by atoms with van der Waals surface area (Å²) in [6.07, 6.45) is 0.217. The summed E-state index contributed by atoms with van der Waals surface area (Å²) in [5, 5.41) is 13.7. The van der Waals surface area contributed by atoms with Gasteiger partial charge in [0, 0.05) is 30.0 Å². The molecule has 8 nitrogen and oxygen atoms in total. The molecule has 0 aliphatic rings. The molecule has 3 rings (SSSR count). The van der Waals surface area contributed by atoms with Gasteiger partial charge in [0.05, 0.1) is 7.11 Å². The van der Waals surface area contributed by atoms with Crippen LogP contribution in [0, 0.1) is 4.77 Å². The summed E-state index contributed by atoms with van der Waals surface area (Å²) in [6.45, 7) is 6.42. The lowest BCUT2D eigenvalue weighted by atomic mass is 9.93. The second kappa shape index (κ2) is 7.97. The fourth-order valence-electron chi connectivity index (χ4n) is 2.59. The van der Waals surface area contributed by atoms with Crippen molar-refractivity contribution < 1.29 is 14.1 Å². The van der Waals surface area contributed by atoms with Crippen molar-refractivity contribution in [3.8, 4) is 17.1 Å². The van der Waals surface area contributed by atoms with Crippen molar-refractivity contribution in [1.29, 1.82) is 0 Å². The average Bonchev–Trinajstić information content (AvgIpc) is 3.27. The first-order chi connectivity index (χ1) is 13.3. The number of aromatic amines is 1. The third kappa shape index (κ3) is 4.48. The molecule has 3 aromatic rings. The van der Waals surface area contributed by atoms with Gasteiger partial charge in [0.1, 0.15) is 11.5 Å². The topological polar surface area (TPSA) is 98.0 Å². The van der Waals surface area contributed by atoms with Gasteiger partial charge in [0.15, 0.2) is 16.4 Å². The van der Waals surface area contributed by atoms with Gasteiger partial charge in [-0.1, -0.05) is 25.9 Å². The molecule has 9 heteroatoms. The van der Waals surface area contributed by atoms with Gasteiger partial charge in [0.25, 0.3) is 0 Å². The minimum atomic E-state index is -0.183. The largest absolute Gasteiger partial charge is 0.497 e. The van der Waals surface area contributed by atoms with E-state index in [0.29, 0.717) is 28.7 Å². The highest BCUT2D eigenvalue weighted by molar-refractivity contribution is 7.71. The number of rotatable bonds is 6. The second-order valence-electron chi connectivity index (χ2n) is 7.36. The molecular formula is C19H23N5O3S. The van der Waals surface area contributed by atoms with Gasteiger partial charge in [-0.2, -0.15) is 5.10 Å². The zero-order chi connectivity index (χ0) is 20.3. The highest BCUT2D eigenvalue weighted by Gasteiger charge is 2.20. The number of ether oxygens (including phenoxy) is 1. The van der Waals surface area contributed by atoms with Gasteiger partial charge in [0.2, 0.25) is 5.91 Å². The Labute approximate surface area is 167 Å². The number of carbonyl (C=O) groups excluding carboxylic acids is 1. The molecule has 0 unspecified atom stereocenters. The van der Waals surface area contributed by atoms with Gasteiger partial charge < -0.3 is 14.6 Å². The van der Waals surface area contributed by atoms with E-state index in [1.807, 2.05) is 45.0 Å². The van der Waals surface area contributed by atoms with Gasteiger partial charge in [-0.15, -0.1) is 0 Å². The Balaban J connectivity index is 1.67. The summed E-state index contributed by atoms with van der Waals surface area (Å²) in [4.78, 5) is 12.3. The van der Waals surface area contributed by atoms with Crippen molar-refractivity contribution in [3.63, 3.8) is 0 Å². The molecule has 1 aromatic carbocycles. The SMILES string of the molecule is COc1ccc(-c2n[nH]c(=S)n2CCC(=O)Nc2cc(C(C)(C)C)on2)cc1. The fourth-order valence-corrected chi connectivity index (χ4v) is 2.82. The van der Waals surface area contributed by atoms with Crippen molar-refractivity contribution >= 4 is 23.9 Å². The van der Waals surface area contributed by atoms with Crippen LogP contribution in [0.2, 0.25) is 0 Å². The van der Waals surface area contributed by atoms with Gasteiger partial charge >= 0.3 is 0 Å². The first kappa shape index (κ1) is 19.8. The standard InChI is InChI=1S/C19H23N5O3S/c1-19(2,3)14-11-15(23-27-14)20-16(25)9-10-24-17(21-22-18(24)28)12-5-7-13(26-4)8-6-12/h5-8,11H,9-10H2,1-4H3,(H,22,28)(H,20,23,25). The molecule has 2 N–H and O–H groups in total. The Morgan fingerprint density at radius 2 is 2.04 bits per heavy atom. The van der Waals surface area contributed by atoms with Crippen molar-refractivity contribution in [3.05, 3.63) is 40.9 Å². The molecule has 2 heterocycles. The molecule has 0 spiro atoms. The van der Waals surface area contributed by atoms with Crippen LogP contribution in [0.4, 0.5) is 5.82 Å². The zero-order valence-electron chi connectivity index (χ0n) is 16.3. The van der Waals surface area contributed by atoms with Crippen LogP contribution in [0.15, 0.2) is 34.9 Å². The monoisotopic (exact) mass is 401 g/mol. The minimum absolute atomic E-state index is 0.173. The second-order valence-corrected chi connectivity index (χ2v) is 7.74. The predicted molar refractivity (Wildman–Crippen MR) is 108 cm³/mol. The van der Waals surface area contributed by atoms with Crippen molar-refractivity contribution in [1.82, 2.24) is 19.9 Å². The van der Waals surface area contributed by atoms with E-state index in [0.717, 1.165) is 11.3 Å². The third-order valence-electron chi connectivity index (χ3n) is 4.19. The number of nitrogens with zero attached hydrogens (tertiary/aromatic N) is 3. The molecular weight excluding hydrogens is 378 g/mol. The van der Waals surface area contributed by atoms with Crippen LogP contribution in [-0.2, 0) is 16.8 Å². The van der Waals surface area contributed by atoms with Crippen LogP contribution in [0.3, 0.4) is 0 Å². The molecule has 0 bridgehead atoms. The smallest absolute Gasteiger partial charge is 0.227 e. The van der Waals surface area contributed by atoms with Crippen molar-refractivity contribution in [2.75, 3.05) is 12.4 Å². The highest BCUT2D eigenvalue weighted by Crippen LogP contribution is 2.24. The van der Waals surface area contributed by atoms with Crippen LogP contribution in [0.1, 0.15) is 33.0 Å². The van der Waals surface area contributed by atoms with Gasteiger partial charge in [-0.25, -0.2) is 0 Å². The van der Waals surface area contributed by atoms with E-state index in [-0.39, 0.29) is 17.7 Å². The first-order valence-corrected chi connectivity index (χ1v) is 9.25. The zero-order valence-corrected chi connectivity index (χ0v) is 17.1. The molecule has 2 aromatic heterocycles. The van der Waals surface area contributed by atoms with Crippen LogP contribution in [-0.4, -0.2) is 32.9 Å². The molecule has 0 fully saturated rings. The van der Waals surface area contributed by atoms with Crippen LogP contribution in [0.25, 0.3) is 11.4 Å². The highest BCUT2D eigenvalue weighted by atomic mass is 32.1. The summed E-state index contributed by atoms with van der Waals surface area (Å²) in [5.74, 6) is 2.35. The molecule has 0 atom stereocenters. The molecule has 0 radical (unpaired) electrons. The summed E-state index contributed by atoms with van der Waals surface area (Å²) in [7, 11) is 1.61. The van der Waals surface area contributed by atoms with Crippen LogP contribution < -0.4 is 10.1 Å². The third-order valence-corrected chi connectivity index (χ3v) is 4.50. The number of methoxy groups -OCH3 is 1. The summed E-state index contributed by atoms with van der Waals surface area (Å²) >= 11 is 5.31. The average molecular weight is 401 g/mol. The molecule has 148 valence electrons. The Kier molecular flexibility index (Phi) is 5.64. The number of benzene rings is 1. The van der Waals surface area contributed by atoms with E-state index in [9.17, 15) is 4.79 Å². The molecule has 0 saturated heterocycles. The van der Waals surface area contributed by atoms with E-state index in [1.165, 1.54) is 0 Å². The molecule has 28 heavy (non-hydrogen) atoms. The lowest BCUT2D eigenvalue weighted by molar-refractivity contribution is -0.116. The molecule has 0 aliphatic carbocycles. The normalized spacial score (nSPS) is 11.4. The number of carbonyl (C=O) groups is 1. The Hall–Kier alpha value is -2.94. The number of nitrogens with one attached hydrogen (secondary N) is 2. The van der Waals surface area contributed by atoms with Gasteiger partial charge in [-0.3, -0.25) is 14.5 Å². The Bertz CT molecular complexity index is 1010. The van der Waals surface area contributed by atoms with E-state index in [2.05, 4.69) is 20.7 Å². The summed E-state index contributed by atoms with van der Waals surface area (Å²) < 4.78 is 12.7. The minimum Gasteiger partial charge on any atom is -0.497 e. The Morgan fingerprint density at radius 1 is 1.32 bits per heavy atom. The number of hydrogen-bond donors (Lipinski definition) is 2. The first-order valence-electron chi connectivity index (χ1n) is 8.84. The fraction of sp³-hybridized carbons (Fsp3) is 0.368. The lowest BCUT2D eigenvalue weighted by Gasteiger charge is -2.12. The Morgan fingerprint density at radius 3 is 2.64 bits per heavy atom. The van der Waals surface area contributed by atoms with Gasteiger partial charge in [-0.05, 0) is 36.5 Å². The number of aromatic nitrogens is 4. The van der Waals surface area contributed by atoms with Crippen LogP contribution >= 0.6 is 12.2 Å². The summed E-state index contributed by atoms with van der Waals surface area (Å²) in [5.41, 5.74) is 0.701. The predicted octanol–water partition coefficient (Wildman–Crippen LogP) is 3.93. The maximum Gasteiger partial charge on any atom is 0.227 e. The number of amides is 1. The van der Waals surface area contributed by atoms with E-state index in [1.54, 1.807) is 17.7 Å². The molecule has 0 saturated carbocycles. The molecule has 0 aliphatic heterocycles. The quantitative estimate of drug-likeness (QED) is 0.607. The van der Waals surface area contributed by atoms with E-state index in [4.69, 9.17) is 21.5 Å².